The third-order valence-corrected chi connectivity index (χ3v) is 5.06. The van der Waals surface area contributed by atoms with Crippen molar-refractivity contribution in [1.82, 2.24) is 25.1 Å². The highest BCUT2D eigenvalue weighted by molar-refractivity contribution is 5.82. The maximum atomic E-state index is 14.9. The highest BCUT2D eigenvalue weighted by Crippen LogP contribution is 2.39. The van der Waals surface area contributed by atoms with Gasteiger partial charge in [0.1, 0.15) is 11.6 Å². The Morgan fingerprint density at radius 2 is 1.97 bits per heavy atom. The Balaban J connectivity index is 1.45. The van der Waals surface area contributed by atoms with Crippen molar-refractivity contribution in [2.75, 3.05) is 24.3 Å². The zero-order chi connectivity index (χ0) is 20.8. The molecule has 3 aromatic heterocycles. The molecule has 1 aliphatic rings. The second-order valence-corrected chi connectivity index (χ2v) is 7.79. The number of ether oxygens (including phenoxy) is 1. The number of rotatable bonds is 6. The van der Waals surface area contributed by atoms with Crippen molar-refractivity contribution in [3.8, 4) is 11.8 Å². The van der Waals surface area contributed by atoms with Gasteiger partial charge in [-0.1, -0.05) is 0 Å². The van der Waals surface area contributed by atoms with Crippen LogP contribution in [0.15, 0.2) is 30.3 Å². The Morgan fingerprint density at radius 3 is 2.73 bits per heavy atom. The minimum Gasteiger partial charge on any atom is -0.421 e. The van der Waals surface area contributed by atoms with Gasteiger partial charge in [0.05, 0.1) is 0 Å². The van der Waals surface area contributed by atoms with Gasteiger partial charge in [0.15, 0.2) is 17.4 Å². The van der Waals surface area contributed by atoms with Gasteiger partial charge in [-0.2, -0.15) is 15.1 Å². The summed E-state index contributed by atoms with van der Waals surface area (Å²) in [5.41, 5.74) is 2.71. The molecule has 0 bridgehead atoms. The predicted molar refractivity (Wildman–Crippen MR) is 113 cm³/mol. The lowest BCUT2D eigenvalue weighted by atomic mass is 10.2. The lowest BCUT2D eigenvalue weighted by molar-refractivity contribution is 0.414. The second-order valence-electron chi connectivity index (χ2n) is 7.79. The minimum atomic E-state index is -0.452. The number of hydrogen-bond acceptors (Lipinski definition) is 6. The van der Waals surface area contributed by atoms with Crippen LogP contribution in [-0.2, 0) is 0 Å². The van der Waals surface area contributed by atoms with Crippen LogP contribution in [0.3, 0.4) is 0 Å². The van der Waals surface area contributed by atoms with Crippen LogP contribution >= 0.6 is 0 Å². The first-order valence-electron chi connectivity index (χ1n) is 9.80. The van der Waals surface area contributed by atoms with E-state index in [9.17, 15) is 4.39 Å². The summed E-state index contributed by atoms with van der Waals surface area (Å²) in [5, 5.41) is 11.0. The van der Waals surface area contributed by atoms with E-state index in [0.29, 0.717) is 34.3 Å². The summed E-state index contributed by atoms with van der Waals surface area (Å²) in [6.07, 6.45) is 2.38. The third-order valence-electron chi connectivity index (χ3n) is 5.06. The van der Waals surface area contributed by atoms with Gasteiger partial charge in [0.2, 0.25) is 0 Å². The molecule has 1 aromatic carbocycles. The summed E-state index contributed by atoms with van der Waals surface area (Å²) in [6, 6.07) is 8.91. The molecule has 0 unspecified atom stereocenters. The smallest absolute Gasteiger partial charge is 0.326 e. The molecule has 1 aliphatic carbocycles. The van der Waals surface area contributed by atoms with E-state index in [1.165, 1.54) is 12.8 Å². The van der Waals surface area contributed by atoms with Gasteiger partial charge in [-0.15, -0.1) is 0 Å². The average Bonchev–Trinajstić information content (AvgIpc) is 3.33. The monoisotopic (exact) mass is 407 g/mol. The molecule has 8 nitrogen and oxygen atoms in total. The highest BCUT2D eigenvalue weighted by atomic mass is 19.1. The summed E-state index contributed by atoms with van der Waals surface area (Å²) in [7, 11) is 3.73. The first-order valence-corrected chi connectivity index (χ1v) is 9.80. The normalized spacial score (nSPS) is 13.6. The van der Waals surface area contributed by atoms with Crippen LogP contribution in [0.2, 0.25) is 0 Å². The summed E-state index contributed by atoms with van der Waals surface area (Å²) in [4.78, 5) is 13.7. The molecular weight excluding hydrogens is 385 g/mol. The first kappa shape index (κ1) is 18.4. The van der Waals surface area contributed by atoms with Gasteiger partial charge in [0.25, 0.3) is 0 Å². The largest absolute Gasteiger partial charge is 0.421 e. The van der Waals surface area contributed by atoms with Gasteiger partial charge < -0.3 is 19.9 Å². The van der Waals surface area contributed by atoms with Crippen molar-refractivity contribution in [3.63, 3.8) is 0 Å². The molecule has 1 fully saturated rings. The number of halogens is 1. The molecule has 5 rings (SSSR count). The maximum absolute atomic E-state index is 14.9. The molecule has 30 heavy (non-hydrogen) atoms. The summed E-state index contributed by atoms with van der Waals surface area (Å²) >= 11 is 0. The molecule has 9 heteroatoms. The summed E-state index contributed by atoms with van der Waals surface area (Å²) in [5.74, 6) is 1.99. The fourth-order valence-electron chi connectivity index (χ4n) is 3.35. The lowest BCUT2D eigenvalue weighted by Crippen LogP contribution is -2.12. The van der Waals surface area contributed by atoms with Crippen LogP contribution in [0.4, 0.5) is 21.8 Å². The number of H-pyrrole nitrogens is 2. The topological polar surface area (TPSA) is 94.8 Å². The Morgan fingerprint density at radius 1 is 1.13 bits per heavy atom. The Hall–Kier alpha value is -3.62. The highest BCUT2D eigenvalue weighted by Gasteiger charge is 2.25. The standard InChI is InChI=1S/C21H22FN7O/c1-11-8-13-14(23-11)6-7-16(20(13)22)30-21-25-17(10-19(26-21)29(2)3)24-18-9-15(27-28-18)12-4-5-12/h6-10,12,23H,4-5H2,1-3H3,(H2,24,25,26,27,28). The molecule has 0 saturated heterocycles. The SMILES string of the molecule is Cc1cc2c(F)c(Oc3nc(Nc4cc(C5CC5)[nH]n4)cc(N(C)C)n3)ccc2[nH]1. The minimum absolute atomic E-state index is 0.0483. The van der Waals surface area contributed by atoms with Crippen LogP contribution in [0, 0.1) is 12.7 Å². The molecule has 0 atom stereocenters. The zero-order valence-corrected chi connectivity index (χ0v) is 17.0. The second kappa shape index (κ2) is 7.01. The van der Waals surface area contributed by atoms with E-state index in [1.54, 1.807) is 24.3 Å². The summed E-state index contributed by atoms with van der Waals surface area (Å²) in [6.45, 7) is 1.88. The molecule has 0 aliphatic heterocycles. The van der Waals surface area contributed by atoms with E-state index in [1.807, 2.05) is 32.0 Å². The molecule has 3 heterocycles. The number of nitrogens with zero attached hydrogens (tertiary/aromatic N) is 4. The van der Waals surface area contributed by atoms with Crippen LogP contribution in [-0.4, -0.2) is 39.2 Å². The van der Waals surface area contributed by atoms with Crippen molar-refractivity contribution < 1.29 is 9.13 Å². The third kappa shape index (κ3) is 3.54. The van der Waals surface area contributed by atoms with Gasteiger partial charge in [-0.05, 0) is 38.0 Å². The molecular formula is C21H22FN7O. The number of aromatic amines is 2. The van der Waals surface area contributed by atoms with Crippen LogP contribution in [0.5, 0.6) is 11.8 Å². The van der Waals surface area contributed by atoms with Gasteiger partial charge in [-0.25, -0.2) is 4.39 Å². The number of aromatic nitrogens is 5. The lowest BCUT2D eigenvalue weighted by Gasteiger charge is -2.14. The van der Waals surface area contributed by atoms with E-state index < -0.39 is 5.82 Å². The molecule has 0 spiro atoms. The maximum Gasteiger partial charge on any atom is 0.326 e. The van der Waals surface area contributed by atoms with Crippen LogP contribution in [0.25, 0.3) is 10.9 Å². The van der Waals surface area contributed by atoms with Crippen molar-refractivity contribution in [2.45, 2.75) is 25.7 Å². The Bertz CT molecular complexity index is 1230. The van der Waals surface area contributed by atoms with Crippen molar-refractivity contribution in [2.24, 2.45) is 0 Å². The van der Waals surface area contributed by atoms with Crippen molar-refractivity contribution in [3.05, 3.63) is 47.5 Å². The molecule has 154 valence electrons. The van der Waals surface area contributed by atoms with Crippen LogP contribution in [0.1, 0.15) is 30.1 Å². The number of aryl methyl sites for hydroxylation is 1. The van der Waals surface area contributed by atoms with Crippen LogP contribution < -0.4 is 15.0 Å². The first-order chi connectivity index (χ1) is 14.5. The van der Waals surface area contributed by atoms with E-state index in [0.717, 1.165) is 11.4 Å². The van der Waals surface area contributed by atoms with E-state index in [-0.39, 0.29) is 11.8 Å². The number of hydrogen-bond donors (Lipinski definition) is 3. The number of anilines is 3. The fourth-order valence-corrected chi connectivity index (χ4v) is 3.35. The number of fused-ring (bicyclic) bond motifs is 1. The average molecular weight is 407 g/mol. The van der Waals surface area contributed by atoms with E-state index >= 15 is 0 Å². The predicted octanol–water partition coefficient (Wildman–Crippen LogP) is 4.61. The number of nitrogens with one attached hydrogen (secondary N) is 3. The Kier molecular flexibility index (Phi) is 4.30. The van der Waals surface area contributed by atoms with E-state index in [2.05, 4.69) is 30.5 Å². The van der Waals surface area contributed by atoms with Crippen molar-refractivity contribution >= 4 is 28.4 Å². The number of benzene rings is 1. The fraction of sp³-hybridized carbons (Fsp3) is 0.286. The molecule has 4 aromatic rings. The molecule has 0 radical (unpaired) electrons. The van der Waals surface area contributed by atoms with Gasteiger partial charge >= 0.3 is 6.01 Å². The van der Waals surface area contributed by atoms with E-state index in [4.69, 9.17) is 4.74 Å². The van der Waals surface area contributed by atoms with Gasteiger partial charge in [0, 0.05) is 54.4 Å². The molecule has 3 N–H and O–H groups in total. The summed E-state index contributed by atoms with van der Waals surface area (Å²) < 4.78 is 20.7. The quantitative estimate of drug-likeness (QED) is 0.432. The molecule has 0 amide bonds. The Labute approximate surface area is 172 Å². The zero-order valence-electron chi connectivity index (χ0n) is 17.0. The van der Waals surface area contributed by atoms with Gasteiger partial charge in [-0.3, -0.25) is 5.10 Å². The molecule has 1 saturated carbocycles. The van der Waals surface area contributed by atoms with Crippen molar-refractivity contribution in [1.29, 1.82) is 0 Å².